The summed E-state index contributed by atoms with van der Waals surface area (Å²) in [4.78, 5) is 37.2. The third kappa shape index (κ3) is 5.08. The van der Waals surface area contributed by atoms with Crippen molar-refractivity contribution < 1.29 is 24.0 Å². The molecule has 1 aliphatic heterocycles. The van der Waals surface area contributed by atoms with Crippen molar-refractivity contribution in [3.05, 3.63) is 67.0 Å². The molecular formula is C21H19BrN2O6S. The summed E-state index contributed by atoms with van der Waals surface area (Å²) in [6.07, 6.45) is 1.59. The monoisotopic (exact) mass is 506 g/mol. The van der Waals surface area contributed by atoms with E-state index in [4.69, 9.17) is 9.47 Å². The predicted octanol–water partition coefficient (Wildman–Crippen LogP) is 5.39. The minimum atomic E-state index is -0.531. The molecule has 1 fully saturated rings. The molecular weight excluding hydrogens is 488 g/mol. The van der Waals surface area contributed by atoms with Crippen LogP contribution in [0.15, 0.2) is 45.8 Å². The molecule has 2 amide bonds. The molecule has 2 aromatic carbocycles. The number of carbonyl (C=O) groups excluding carboxylic acids is 2. The normalized spacial score (nSPS) is 14.9. The zero-order chi connectivity index (χ0) is 22.5. The second-order valence-corrected chi connectivity index (χ2v) is 8.20. The van der Waals surface area contributed by atoms with Crippen LogP contribution in [0.25, 0.3) is 6.08 Å². The van der Waals surface area contributed by atoms with Crippen LogP contribution >= 0.6 is 27.7 Å². The highest BCUT2D eigenvalue weighted by Gasteiger charge is 2.36. The lowest BCUT2D eigenvalue weighted by molar-refractivity contribution is -0.385. The van der Waals surface area contributed by atoms with Gasteiger partial charge in [0.2, 0.25) is 0 Å². The summed E-state index contributed by atoms with van der Waals surface area (Å²) >= 11 is 4.25. The van der Waals surface area contributed by atoms with Gasteiger partial charge in [-0.2, -0.15) is 0 Å². The maximum atomic E-state index is 12.8. The molecule has 2 aromatic rings. The zero-order valence-corrected chi connectivity index (χ0v) is 19.2. The van der Waals surface area contributed by atoms with Crippen LogP contribution in [0.1, 0.15) is 25.0 Å². The van der Waals surface area contributed by atoms with E-state index in [2.05, 4.69) is 15.9 Å². The summed E-state index contributed by atoms with van der Waals surface area (Å²) in [5, 5.41) is 10.7. The number of ether oxygens (including phenoxy) is 2. The van der Waals surface area contributed by atoms with E-state index in [-0.39, 0.29) is 17.1 Å². The summed E-state index contributed by atoms with van der Waals surface area (Å²) in [6, 6.07) is 9.54. The van der Waals surface area contributed by atoms with E-state index in [1.807, 2.05) is 13.8 Å². The topological polar surface area (TPSA) is 99.0 Å². The van der Waals surface area contributed by atoms with Gasteiger partial charge in [-0.15, -0.1) is 0 Å². The summed E-state index contributed by atoms with van der Waals surface area (Å²) in [6.45, 7) is 4.44. The van der Waals surface area contributed by atoms with Crippen molar-refractivity contribution in [1.82, 2.24) is 4.90 Å². The molecule has 1 aliphatic rings. The van der Waals surface area contributed by atoms with Gasteiger partial charge in [0.1, 0.15) is 0 Å². The molecule has 3 rings (SSSR count). The fourth-order valence-corrected chi connectivity index (χ4v) is 4.41. The fourth-order valence-electron chi connectivity index (χ4n) is 3.00. The van der Waals surface area contributed by atoms with Gasteiger partial charge in [0.15, 0.2) is 11.5 Å². The lowest BCUT2D eigenvalue weighted by Gasteiger charge is -2.14. The van der Waals surface area contributed by atoms with Crippen LogP contribution in [0.4, 0.5) is 10.5 Å². The van der Waals surface area contributed by atoms with Crippen LogP contribution in [-0.4, -0.2) is 34.2 Å². The number of imide groups is 1. The molecule has 0 aromatic heterocycles. The molecule has 0 saturated carbocycles. The molecule has 0 N–H and O–H groups in total. The molecule has 162 valence electrons. The van der Waals surface area contributed by atoms with Crippen molar-refractivity contribution in [2.75, 3.05) is 13.2 Å². The number of halogens is 1. The van der Waals surface area contributed by atoms with Crippen molar-refractivity contribution in [3.8, 4) is 11.5 Å². The van der Waals surface area contributed by atoms with E-state index in [1.165, 1.54) is 18.2 Å². The second-order valence-electron chi connectivity index (χ2n) is 6.35. The van der Waals surface area contributed by atoms with E-state index in [0.29, 0.717) is 40.3 Å². The van der Waals surface area contributed by atoms with E-state index in [0.717, 1.165) is 16.7 Å². The first-order valence-electron chi connectivity index (χ1n) is 9.42. The molecule has 0 unspecified atom stereocenters. The van der Waals surface area contributed by atoms with Crippen LogP contribution in [0.3, 0.4) is 0 Å². The minimum Gasteiger partial charge on any atom is -0.490 e. The average Bonchev–Trinajstić information content (AvgIpc) is 2.98. The molecule has 0 bridgehead atoms. The second kappa shape index (κ2) is 9.97. The highest BCUT2D eigenvalue weighted by molar-refractivity contribution is 9.10. The van der Waals surface area contributed by atoms with Gasteiger partial charge in [-0.3, -0.25) is 24.6 Å². The Balaban J connectivity index is 1.89. The third-order valence-electron chi connectivity index (χ3n) is 4.31. The van der Waals surface area contributed by atoms with E-state index >= 15 is 0 Å². The van der Waals surface area contributed by atoms with E-state index in [1.54, 1.807) is 24.3 Å². The molecule has 1 saturated heterocycles. The fraction of sp³-hybridized carbons (Fsp3) is 0.238. The zero-order valence-electron chi connectivity index (χ0n) is 16.8. The number of nitro groups is 1. The Hall–Kier alpha value is -2.85. The lowest BCUT2D eigenvalue weighted by atomic mass is 10.1. The van der Waals surface area contributed by atoms with Crippen LogP contribution in [0, 0.1) is 10.1 Å². The van der Waals surface area contributed by atoms with Gasteiger partial charge < -0.3 is 9.47 Å². The number of hydrogen-bond donors (Lipinski definition) is 0. The summed E-state index contributed by atoms with van der Waals surface area (Å²) in [5.41, 5.74) is 0.802. The first-order valence-corrected chi connectivity index (χ1v) is 11.0. The Morgan fingerprint density at radius 2 is 1.87 bits per heavy atom. The number of thioether (sulfide) groups is 1. The van der Waals surface area contributed by atoms with Gasteiger partial charge in [0.25, 0.3) is 16.8 Å². The molecule has 10 heteroatoms. The molecule has 0 aliphatic carbocycles. The Bertz CT molecular complexity index is 1070. The molecule has 0 radical (unpaired) electrons. The van der Waals surface area contributed by atoms with Crippen LogP contribution in [-0.2, 0) is 11.3 Å². The van der Waals surface area contributed by atoms with Gasteiger partial charge in [-0.1, -0.05) is 18.2 Å². The Morgan fingerprint density at radius 1 is 1.16 bits per heavy atom. The Kier molecular flexibility index (Phi) is 7.34. The maximum Gasteiger partial charge on any atom is 0.293 e. The van der Waals surface area contributed by atoms with Crippen molar-refractivity contribution in [2.45, 2.75) is 20.4 Å². The number of amides is 2. The summed E-state index contributed by atoms with van der Waals surface area (Å²) in [7, 11) is 0. The Labute approximate surface area is 191 Å². The summed E-state index contributed by atoms with van der Waals surface area (Å²) in [5.74, 6) is 0.575. The van der Waals surface area contributed by atoms with Crippen molar-refractivity contribution in [3.63, 3.8) is 0 Å². The standard InChI is InChI=1S/C21H19BrN2O6S/c1-3-29-17-10-13(9-15(22)19(17)30-4-2)11-18-20(25)23(21(26)31-18)12-14-7-5-6-8-16(14)24(27)28/h5-11H,3-4,12H2,1-2H3/b18-11-. The predicted molar refractivity (Wildman–Crippen MR) is 121 cm³/mol. The number of hydrogen-bond acceptors (Lipinski definition) is 7. The quantitative estimate of drug-likeness (QED) is 0.268. The van der Waals surface area contributed by atoms with Crippen molar-refractivity contribution in [1.29, 1.82) is 0 Å². The van der Waals surface area contributed by atoms with Crippen LogP contribution < -0.4 is 9.47 Å². The first kappa shape index (κ1) is 22.8. The first-order chi connectivity index (χ1) is 14.8. The molecule has 0 atom stereocenters. The number of para-hydroxylation sites is 1. The van der Waals surface area contributed by atoms with Gasteiger partial charge in [-0.25, -0.2) is 0 Å². The number of benzene rings is 2. The van der Waals surface area contributed by atoms with Crippen molar-refractivity contribution >= 4 is 50.6 Å². The van der Waals surface area contributed by atoms with Gasteiger partial charge in [-0.05, 0) is 65.3 Å². The molecule has 0 spiro atoms. The highest BCUT2D eigenvalue weighted by atomic mass is 79.9. The van der Waals surface area contributed by atoms with Crippen LogP contribution in [0.2, 0.25) is 0 Å². The van der Waals surface area contributed by atoms with Gasteiger partial charge >= 0.3 is 0 Å². The number of rotatable bonds is 8. The SMILES string of the molecule is CCOc1cc(/C=C2\SC(=O)N(Cc3ccccc3[N+](=O)[O-])C2=O)cc(Br)c1OCC. The van der Waals surface area contributed by atoms with E-state index < -0.39 is 16.1 Å². The maximum absolute atomic E-state index is 12.8. The number of nitro benzene ring substituents is 1. The number of carbonyl (C=O) groups is 2. The van der Waals surface area contributed by atoms with Crippen LogP contribution in [0.5, 0.6) is 11.5 Å². The molecule has 31 heavy (non-hydrogen) atoms. The largest absolute Gasteiger partial charge is 0.490 e. The molecule has 1 heterocycles. The Morgan fingerprint density at radius 3 is 2.55 bits per heavy atom. The van der Waals surface area contributed by atoms with Gasteiger partial charge in [0, 0.05) is 11.6 Å². The smallest absolute Gasteiger partial charge is 0.293 e. The minimum absolute atomic E-state index is 0.137. The molecule has 8 nitrogen and oxygen atoms in total. The third-order valence-corrected chi connectivity index (χ3v) is 5.80. The summed E-state index contributed by atoms with van der Waals surface area (Å²) < 4.78 is 11.9. The van der Waals surface area contributed by atoms with Gasteiger partial charge in [0.05, 0.1) is 34.1 Å². The average molecular weight is 507 g/mol. The lowest BCUT2D eigenvalue weighted by Crippen LogP contribution is -2.27. The van der Waals surface area contributed by atoms with E-state index in [9.17, 15) is 19.7 Å². The highest BCUT2D eigenvalue weighted by Crippen LogP contribution is 2.39. The van der Waals surface area contributed by atoms with Crippen molar-refractivity contribution in [2.24, 2.45) is 0 Å². The number of nitrogens with zero attached hydrogens (tertiary/aromatic N) is 2.